The van der Waals surface area contributed by atoms with Crippen LogP contribution in [0.3, 0.4) is 0 Å². The lowest BCUT2D eigenvalue weighted by molar-refractivity contribution is 0.0958. The maximum atomic E-state index is 12.3. The largest absolute Gasteiger partial charge is 0.481 e. The lowest BCUT2D eigenvalue weighted by atomic mass is 9.99. The fourth-order valence-corrected chi connectivity index (χ4v) is 4.06. The maximum Gasteiger partial charge on any atom is 0.261 e. The van der Waals surface area contributed by atoms with Crippen molar-refractivity contribution in [3.05, 3.63) is 51.2 Å². The quantitative estimate of drug-likeness (QED) is 0.817. The van der Waals surface area contributed by atoms with Crippen LogP contribution in [0.5, 0.6) is 5.75 Å². The summed E-state index contributed by atoms with van der Waals surface area (Å²) in [6.07, 6.45) is 10.7. The van der Waals surface area contributed by atoms with Crippen LogP contribution in [-0.4, -0.2) is 19.1 Å². The Hall–Kier alpha value is -2.25. The average molecular weight is 339 g/mol. The second-order valence-corrected chi connectivity index (χ2v) is 7.05. The summed E-state index contributed by atoms with van der Waals surface area (Å²) in [5.41, 5.74) is 2.53. The third-order valence-electron chi connectivity index (χ3n) is 4.17. The molecule has 4 heteroatoms. The summed E-state index contributed by atoms with van der Waals surface area (Å²) in [4.78, 5) is 14.5. The molecule has 0 saturated carbocycles. The SMILES string of the molecule is C#CCOc1ccc(CCNC(=O)c2cc3c(s2)CCCC3)cc1. The van der Waals surface area contributed by atoms with Crippen LogP contribution in [0.25, 0.3) is 0 Å². The molecule has 1 aliphatic carbocycles. The van der Waals surface area contributed by atoms with E-state index in [1.807, 2.05) is 24.3 Å². The van der Waals surface area contributed by atoms with Crippen molar-refractivity contribution in [1.29, 1.82) is 0 Å². The summed E-state index contributed by atoms with van der Waals surface area (Å²) in [6, 6.07) is 9.89. The van der Waals surface area contributed by atoms with Crippen LogP contribution in [0.1, 0.15) is 38.5 Å². The van der Waals surface area contributed by atoms with Gasteiger partial charge in [-0.25, -0.2) is 0 Å². The van der Waals surface area contributed by atoms with Crippen molar-refractivity contribution in [1.82, 2.24) is 5.32 Å². The molecule has 0 saturated heterocycles. The molecule has 0 radical (unpaired) electrons. The standard InChI is InChI=1S/C20H21NO2S/c1-2-13-23-17-9-7-15(8-10-17)11-12-21-20(22)19-14-16-5-3-4-6-18(16)24-19/h1,7-10,14H,3-6,11-13H2,(H,21,22). The number of ether oxygens (including phenoxy) is 1. The first-order valence-corrected chi connectivity index (χ1v) is 9.13. The maximum absolute atomic E-state index is 12.3. The van der Waals surface area contributed by atoms with Gasteiger partial charge >= 0.3 is 0 Å². The van der Waals surface area contributed by atoms with Crippen molar-refractivity contribution in [2.75, 3.05) is 13.2 Å². The van der Waals surface area contributed by atoms with Gasteiger partial charge < -0.3 is 10.1 Å². The van der Waals surface area contributed by atoms with Crippen LogP contribution < -0.4 is 10.1 Å². The third kappa shape index (κ3) is 4.18. The first-order chi connectivity index (χ1) is 11.8. The van der Waals surface area contributed by atoms with Crippen molar-refractivity contribution in [2.45, 2.75) is 32.1 Å². The number of fused-ring (bicyclic) bond motifs is 1. The first-order valence-electron chi connectivity index (χ1n) is 8.31. The zero-order chi connectivity index (χ0) is 16.8. The lowest BCUT2D eigenvalue weighted by Crippen LogP contribution is -2.24. The smallest absolute Gasteiger partial charge is 0.261 e. The van der Waals surface area contributed by atoms with Gasteiger partial charge in [0.2, 0.25) is 0 Å². The molecule has 1 aliphatic rings. The van der Waals surface area contributed by atoms with Gasteiger partial charge in [-0.3, -0.25) is 4.79 Å². The van der Waals surface area contributed by atoms with Gasteiger partial charge in [-0.05, 0) is 61.4 Å². The number of terminal acetylenes is 1. The van der Waals surface area contributed by atoms with Crippen LogP contribution in [0.15, 0.2) is 30.3 Å². The van der Waals surface area contributed by atoms with E-state index >= 15 is 0 Å². The van der Waals surface area contributed by atoms with E-state index in [0.29, 0.717) is 6.54 Å². The van der Waals surface area contributed by atoms with Crippen LogP contribution in [0, 0.1) is 12.3 Å². The molecule has 3 nitrogen and oxygen atoms in total. The van der Waals surface area contributed by atoms with Crippen molar-refractivity contribution in [2.24, 2.45) is 0 Å². The molecule has 24 heavy (non-hydrogen) atoms. The topological polar surface area (TPSA) is 38.3 Å². The Labute approximate surface area is 147 Å². The van der Waals surface area contributed by atoms with E-state index in [0.717, 1.165) is 35.5 Å². The molecule has 124 valence electrons. The van der Waals surface area contributed by atoms with Crippen molar-refractivity contribution in [3.63, 3.8) is 0 Å². The van der Waals surface area contributed by atoms with E-state index in [1.54, 1.807) is 11.3 Å². The number of aryl methyl sites for hydroxylation is 2. The predicted molar refractivity (Wildman–Crippen MR) is 97.8 cm³/mol. The zero-order valence-corrected chi connectivity index (χ0v) is 14.5. The Morgan fingerprint density at radius 3 is 2.79 bits per heavy atom. The first kappa shape index (κ1) is 16.6. The second-order valence-electron chi connectivity index (χ2n) is 5.91. The monoisotopic (exact) mass is 339 g/mol. The van der Waals surface area contributed by atoms with E-state index in [1.165, 1.54) is 23.3 Å². The van der Waals surface area contributed by atoms with Gasteiger partial charge in [0.05, 0.1) is 4.88 Å². The highest BCUT2D eigenvalue weighted by Crippen LogP contribution is 2.29. The highest BCUT2D eigenvalue weighted by Gasteiger charge is 2.16. The Balaban J connectivity index is 1.48. The van der Waals surface area contributed by atoms with Gasteiger partial charge in [0, 0.05) is 11.4 Å². The van der Waals surface area contributed by atoms with E-state index in [2.05, 4.69) is 17.3 Å². The summed E-state index contributed by atoms with van der Waals surface area (Å²) < 4.78 is 5.35. The van der Waals surface area contributed by atoms with Gasteiger partial charge in [-0.1, -0.05) is 18.1 Å². The number of rotatable bonds is 6. The molecule has 0 bridgehead atoms. The van der Waals surface area contributed by atoms with Gasteiger partial charge in [-0.2, -0.15) is 0 Å². The number of hydrogen-bond donors (Lipinski definition) is 1. The van der Waals surface area contributed by atoms with Crippen LogP contribution in [-0.2, 0) is 19.3 Å². The molecule has 0 fully saturated rings. The van der Waals surface area contributed by atoms with E-state index in [-0.39, 0.29) is 12.5 Å². The molecule has 0 aliphatic heterocycles. The van der Waals surface area contributed by atoms with Crippen LogP contribution in [0.2, 0.25) is 0 Å². The number of benzene rings is 1. The number of nitrogens with one attached hydrogen (secondary N) is 1. The normalized spacial score (nSPS) is 13.0. The van der Waals surface area contributed by atoms with Crippen molar-refractivity contribution < 1.29 is 9.53 Å². The Morgan fingerprint density at radius 2 is 2.04 bits per heavy atom. The molecular formula is C20H21NO2S. The van der Waals surface area contributed by atoms with Crippen molar-refractivity contribution >= 4 is 17.2 Å². The molecule has 0 atom stereocenters. The minimum absolute atomic E-state index is 0.0448. The van der Waals surface area contributed by atoms with Gasteiger partial charge in [0.25, 0.3) is 5.91 Å². The number of thiophene rings is 1. The molecule has 3 rings (SSSR count). The number of amides is 1. The van der Waals surface area contributed by atoms with Crippen LogP contribution in [0.4, 0.5) is 0 Å². The van der Waals surface area contributed by atoms with E-state index in [4.69, 9.17) is 11.2 Å². The molecule has 1 aromatic carbocycles. The highest BCUT2D eigenvalue weighted by atomic mass is 32.1. The molecule has 2 aromatic rings. The summed E-state index contributed by atoms with van der Waals surface area (Å²) >= 11 is 1.65. The molecule has 0 spiro atoms. The van der Waals surface area contributed by atoms with Gasteiger partial charge in [0.15, 0.2) is 0 Å². The number of carbonyl (C=O) groups is 1. The summed E-state index contributed by atoms with van der Waals surface area (Å²) in [6.45, 7) is 0.909. The lowest BCUT2D eigenvalue weighted by Gasteiger charge is -2.08. The Morgan fingerprint density at radius 1 is 1.25 bits per heavy atom. The van der Waals surface area contributed by atoms with Gasteiger partial charge in [0.1, 0.15) is 12.4 Å². The third-order valence-corrected chi connectivity index (χ3v) is 5.40. The van der Waals surface area contributed by atoms with Gasteiger partial charge in [-0.15, -0.1) is 17.8 Å². The zero-order valence-electron chi connectivity index (χ0n) is 13.6. The number of carbonyl (C=O) groups excluding carboxylic acids is 1. The molecule has 0 unspecified atom stereocenters. The molecule has 1 amide bonds. The average Bonchev–Trinajstić information content (AvgIpc) is 3.05. The van der Waals surface area contributed by atoms with E-state index < -0.39 is 0 Å². The Kier molecular flexibility index (Phi) is 5.55. The fourth-order valence-electron chi connectivity index (χ4n) is 2.89. The minimum Gasteiger partial charge on any atom is -0.481 e. The predicted octanol–water partition coefficient (Wildman–Crippen LogP) is 3.61. The number of hydrogen-bond acceptors (Lipinski definition) is 3. The second kappa shape index (κ2) is 8.03. The minimum atomic E-state index is 0.0448. The Bertz CT molecular complexity index is 716. The highest BCUT2D eigenvalue weighted by molar-refractivity contribution is 7.14. The summed E-state index contributed by atoms with van der Waals surface area (Å²) in [5, 5.41) is 3.02. The molecule has 1 N–H and O–H groups in total. The van der Waals surface area contributed by atoms with Crippen molar-refractivity contribution in [3.8, 4) is 18.1 Å². The molecule has 1 aromatic heterocycles. The summed E-state index contributed by atoms with van der Waals surface area (Å²) in [7, 11) is 0. The molecular weight excluding hydrogens is 318 g/mol. The van der Waals surface area contributed by atoms with Crippen LogP contribution >= 0.6 is 11.3 Å². The molecule has 1 heterocycles. The van der Waals surface area contributed by atoms with E-state index in [9.17, 15) is 4.79 Å². The fraction of sp³-hybridized carbons (Fsp3) is 0.350. The summed E-state index contributed by atoms with van der Waals surface area (Å²) in [5.74, 6) is 3.26.